The molecule has 5 rings (SSSR count). The number of fused-ring (bicyclic) bond motifs is 1. The van der Waals surface area contributed by atoms with Gasteiger partial charge in [-0.2, -0.15) is 5.10 Å². The molecule has 1 atom stereocenters. The van der Waals surface area contributed by atoms with Crippen LogP contribution in [0.1, 0.15) is 45.6 Å². The number of aromatic nitrogens is 2. The first-order chi connectivity index (χ1) is 18.2. The van der Waals surface area contributed by atoms with Crippen molar-refractivity contribution in [2.75, 3.05) is 16.0 Å². The number of anilines is 3. The predicted molar refractivity (Wildman–Crippen MR) is 152 cm³/mol. The smallest absolute Gasteiger partial charge is 0.261 e. The lowest BCUT2D eigenvalue weighted by Gasteiger charge is -2.30. The molecule has 0 saturated heterocycles. The van der Waals surface area contributed by atoms with Crippen LogP contribution in [0.15, 0.2) is 84.2 Å². The average molecular weight is 526 g/mol. The van der Waals surface area contributed by atoms with E-state index in [0.717, 1.165) is 27.9 Å². The van der Waals surface area contributed by atoms with E-state index in [1.165, 1.54) is 6.20 Å². The molecule has 0 fully saturated rings. The molecular weight excluding hydrogens is 498 g/mol. The normalized spacial score (nSPS) is 14.5. The number of carbonyl (C=O) groups excluding carboxylic acids is 2. The Kier molecular flexibility index (Phi) is 6.78. The predicted octanol–water partition coefficient (Wildman–Crippen LogP) is 6.64. The van der Waals surface area contributed by atoms with Gasteiger partial charge in [-0.15, -0.1) is 0 Å². The van der Waals surface area contributed by atoms with Crippen LogP contribution in [0.5, 0.6) is 0 Å². The van der Waals surface area contributed by atoms with E-state index < -0.39 is 6.04 Å². The van der Waals surface area contributed by atoms with Crippen LogP contribution in [0.4, 0.5) is 17.2 Å². The lowest BCUT2D eigenvalue weighted by atomic mass is 9.94. The van der Waals surface area contributed by atoms with Crippen LogP contribution in [0.2, 0.25) is 5.02 Å². The highest BCUT2D eigenvalue weighted by Crippen LogP contribution is 2.38. The summed E-state index contributed by atoms with van der Waals surface area (Å²) in [5, 5.41) is 14.4. The quantitative estimate of drug-likeness (QED) is 0.272. The number of rotatable bonds is 5. The largest absolute Gasteiger partial charge is 0.343 e. The molecule has 3 N–H and O–H groups in total. The fraction of sp³-hybridized carbons (Fsp3) is 0.167. The van der Waals surface area contributed by atoms with Gasteiger partial charge in [-0.25, -0.2) is 4.68 Å². The van der Waals surface area contributed by atoms with E-state index >= 15 is 0 Å². The lowest BCUT2D eigenvalue weighted by molar-refractivity contribution is -0.113. The van der Waals surface area contributed by atoms with E-state index in [2.05, 4.69) is 21.0 Å². The summed E-state index contributed by atoms with van der Waals surface area (Å²) in [5.41, 5.74) is 6.93. The van der Waals surface area contributed by atoms with Gasteiger partial charge in [0, 0.05) is 22.1 Å². The molecule has 0 bridgehead atoms. The molecule has 1 aliphatic rings. The summed E-state index contributed by atoms with van der Waals surface area (Å²) in [6.07, 6.45) is 1.52. The summed E-state index contributed by atoms with van der Waals surface area (Å²) >= 11 is 6.17. The number of amides is 2. The van der Waals surface area contributed by atoms with Crippen molar-refractivity contribution in [2.45, 2.75) is 33.7 Å². The van der Waals surface area contributed by atoms with Crippen LogP contribution in [-0.2, 0) is 4.79 Å². The molecule has 2 amide bonds. The number of carbonyl (C=O) groups is 2. The molecule has 0 saturated carbocycles. The van der Waals surface area contributed by atoms with Crippen LogP contribution < -0.4 is 16.0 Å². The summed E-state index contributed by atoms with van der Waals surface area (Å²) in [6.45, 7) is 7.80. The Labute approximate surface area is 226 Å². The Balaban J connectivity index is 1.53. The molecule has 192 valence electrons. The number of hydrogen-bond acceptors (Lipinski definition) is 4. The Morgan fingerprint density at radius 3 is 2.24 bits per heavy atom. The van der Waals surface area contributed by atoms with Crippen molar-refractivity contribution in [3.8, 4) is 0 Å². The summed E-state index contributed by atoms with van der Waals surface area (Å²) in [6, 6.07) is 20.2. The highest BCUT2D eigenvalue weighted by atomic mass is 35.5. The van der Waals surface area contributed by atoms with E-state index in [1.807, 2.05) is 82.3 Å². The molecule has 0 aliphatic carbocycles. The van der Waals surface area contributed by atoms with Crippen molar-refractivity contribution >= 4 is 40.6 Å². The zero-order valence-electron chi connectivity index (χ0n) is 21.6. The minimum atomic E-state index is -0.574. The van der Waals surface area contributed by atoms with Crippen LogP contribution >= 0.6 is 11.6 Å². The fourth-order valence-electron chi connectivity index (χ4n) is 4.65. The van der Waals surface area contributed by atoms with Crippen LogP contribution in [0.3, 0.4) is 0 Å². The molecule has 2 heterocycles. The zero-order valence-corrected chi connectivity index (χ0v) is 22.4. The standard InChI is InChI=1S/C30H28ClN5O2/c1-17-5-12-23(13-6-17)34-29(37)24-16-32-36-27(21-8-10-22(31)11-9-21)26(20(4)33-28(24)36)30(38)35-25-14-7-18(2)15-19(25)3/h5-16,27,33H,1-4H3,(H,34,37)(H,35,38). The summed E-state index contributed by atoms with van der Waals surface area (Å²) in [4.78, 5) is 27.0. The third-order valence-corrected chi connectivity index (χ3v) is 6.89. The summed E-state index contributed by atoms with van der Waals surface area (Å²) < 4.78 is 1.68. The third kappa shape index (κ3) is 4.93. The van der Waals surface area contributed by atoms with Gasteiger partial charge in [-0.1, -0.05) is 59.1 Å². The molecule has 4 aromatic rings. The maximum absolute atomic E-state index is 13.7. The van der Waals surface area contributed by atoms with Gasteiger partial charge in [-0.3, -0.25) is 9.59 Å². The Morgan fingerprint density at radius 2 is 1.55 bits per heavy atom. The summed E-state index contributed by atoms with van der Waals surface area (Å²) in [5.74, 6) is -0.0442. The van der Waals surface area contributed by atoms with Crippen molar-refractivity contribution in [3.63, 3.8) is 0 Å². The molecule has 0 radical (unpaired) electrons. The van der Waals surface area contributed by atoms with Crippen LogP contribution in [-0.4, -0.2) is 21.6 Å². The summed E-state index contributed by atoms with van der Waals surface area (Å²) in [7, 11) is 0. The Hall–Kier alpha value is -4.36. The van der Waals surface area contributed by atoms with Gasteiger partial charge in [0.05, 0.1) is 11.8 Å². The molecule has 0 spiro atoms. The monoisotopic (exact) mass is 525 g/mol. The van der Waals surface area contributed by atoms with Gasteiger partial charge in [0.2, 0.25) is 0 Å². The van der Waals surface area contributed by atoms with Crippen molar-refractivity contribution in [1.82, 2.24) is 9.78 Å². The van der Waals surface area contributed by atoms with Crippen molar-refractivity contribution in [3.05, 3.63) is 117 Å². The minimum Gasteiger partial charge on any atom is -0.343 e. The van der Waals surface area contributed by atoms with Crippen LogP contribution in [0, 0.1) is 20.8 Å². The van der Waals surface area contributed by atoms with E-state index in [-0.39, 0.29) is 11.8 Å². The topological polar surface area (TPSA) is 88.0 Å². The highest BCUT2D eigenvalue weighted by molar-refractivity contribution is 6.30. The lowest BCUT2D eigenvalue weighted by Crippen LogP contribution is -2.32. The van der Waals surface area contributed by atoms with Crippen molar-refractivity contribution < 1.29 is 9.59 Å². The Morgan fingerprint density at radius 1 is 0.868 bits per heavy atom. The van der Waals surface area contributed by atoms with Crippen LogP contribution in [0.25, 0.3) is 0 Å². The number of nitrogens with zero attached hydrogens (tertiary/aromatic N) is 2. The molecule has 1 unspecified atom stereocenters. The molecule has 1 aromatic heterocycles. The third-order valence-electron chi connectivity index (χ3n) is 6.64. The van der Waals surface area contributed by atoms with E-state index in [4.69, 9.17) is 11.6 Å². The second-order valence-electron chi connectivity index (χ2n) is 9.56. The first-order valence-corrected chi connectivity index (χ1v) is 12.7. The number of allylic oxidation sites excluding steroid dienone is 1. The molecule has 1 aliphatic heterocycles. The van der Waals surface area contributed by atoms with E-state index in [0.29, 0.717) is 33.4 Å². The van der Waals surface area contributed by atoms with Gasteiger partial charge in [-0.05, 0) is 69.2 Å². The molecule has 38 heavy (non-hydrogen) atoms. The van der Waals surface area contributed by atoms with Crippen molar-refractivity contribution in [1.29, 1.82) is 0 Å². The first-order valence-electron chi connectivity index (χ1n) is 12.3. The van der Waals surface area contributed by atoms with E-state index in [1.54, 1.807) is 16.8 Å². The molecule has 8 heteroatoms. The maximum atomic E-state index is 13.7. The SMILES string of the molecule is CC1=C(C(=O)Nc2ccc(C)cc2C)C(c2ccc(Cl)cc2)n2ncc(C(=O)Nc3ccc(C)cc3)c2N1. The number of aryl methyl sites for hydroxylation is 3. The number of hydrogen-bond donors (Lipinski definition) is 3. The first kappa shape index (κ1) is 25.3. The van der Waals surface area contributed by atoms with Gasteiger partial charge in [0.1, 0.15) is 17.4 Å². The second kappa shape index (κ2) is 10.2. The molecule has 3 aromatic carbocycles. The number of halogens is 1. The van der Waals surface area contributed by atoms with Gasteiger partial charge < -0.3 is 16.0 Å². The van der Waals surface area contributed by atoms with Gasteiger partial charge >= 0.3 is 0 Å². The minimum absolute atomic E-state index is 0.256. The molecule has 7 nitrogen and oxygen atoms in total. The highest BCUT2D eigenvalue weighted by Gasteiger charge is 2.35. The van der Waals surface area contributed by atoms with Gasteiger partial charge in [0.25, 0.3) is 11.8 Å². The molecular formula is C30H28ClN5O2. The average Bonchev–Trinajstić information content (AvgIpc) is 3.30. The second-order valence-corrected chi connectivity index (χ2v) is 10.00. The zero-order chi connectivity index (χ0) is 27.0. The number of benzene rings is 3. The van der Waals surface area contributed by atoms with Crippen molar-refractivity contribution in [2.24, 2.45) is 0 Å². The maximum Gasteiger partial charge on any atom is 0.261 e. The Bertz CT molecular complexity index is 1570. The van der Waals surface area contributed by atoms with E-state index in [9.17, 15) is 9.59 Å². The van der Waals surface area contributed by atoms with Gasteiger partial charge in [0.15, 0.2) is 0 Å². The number of nitrogens with one attached hydrogen (secondary N) is 3. The fourth-order valence-corrected chi connectivity index (χ4v) is 4.77.